The number of aryl methyl sites for hydroxylation is 1. The monoisotopic (exact) mass is 337 g/mol. The molecule has 3 nitrogen and oxygen atoms in total. The van der Waals surface area contributed by atoms with E-state index in [1.807, 2.05) is 24.3 Å². The van der Waals surface area contributed by atoms with Gasteiger partial charge >= 0.3 is 0 Å². The number of aromatic nitrogens is 1. The number of nitrogens with one attached hydrogen (secondary N) is 1. The fourth-order valence-electron chi connectivity index (χ4n) is 3.33. The topological polar surface area (TPSA) is 28.2 Å². The zero-order valence-corrected chi connectivity index (χ0v) is 14.5. The van der Waals surface area contributed by atoms with Gasteiger partial charge in [-0.15, -0.1) is 0 Å². The van der Waals surface area contributed by atoms with Crippen molar-refractivity contribution >= 4 is 28.2 Å². The van der Waals surface area contributed by atoms with Gasteiger partial charge in [0, 0.05) is 42.8 Å². The van der Waals surface area contributed by atoms with Crippen LogP contribution in [0.25, 0.3) is 22.2 Å². The highest BCUT2D eigenvalue weighted by Crippen LogP contribution is 2.35. The Morgan fingerprint density at radius 3 is 2.54 bits per heavy atom. The minimum absolute atomic E-state index is 0.721. The second kappa shape index (κ2) is 6.42. The van der Waals surface area contributed by atoms with E-state index in [0.29, 0.717) is 0 Å². The summed E-state index contributed by atoms with van der Waals surface area (Å²) in [7, 11) is 0. The summed E-state index contributed by atoms with van der Waals surface area (Å²) in [6, 6.07) is 16.7. The number of nitrogens with zero attached hydrogens (tertiary/aromatic N) is 2. The summed E-state index contributed by atoms with van der Waals surface area (Å²) >= 11 is 6.54. The molecule has 1 N–H and O–H groups in total. The Morgan fingerprint density at radius 2 is 1.79 bits per heavy atom. The third kappa shape index (κ3) is 2.85. The van der Waals surface area contributed by atoms with Crippen molar-refractivity contribution in [2.75, 3.05) is 31.1 Å². The minimum Gasteiger partial charge on any atom is -0.368 e. The molecule has 122 valence electrons. The first-order chi connectivity index (χ1) is 11.7. The molecule has 0 atom stereocenters. The van der Waals surface area contributed by atoms with Crippen LogP contribution in [0.5, 0.6) is 0 Å². The Bertz CT molecular complexity index is 871. The third-order valence-electron chi connectivity index (χ3n) is 4.52. The van der Waals surface area contributed by atoms with Crippen molar-refractivity contribution in [3.05, 3.63) is 59.1 Å². The van der Waals surface area contributed by atoms with E-state index in [4.69, 9.17) is 16.6 Å². The SMILES string of the molecule is Cc1cc(Cl)c2nc(-c3ccccc3)cc(N3CCNCC3)c2c1. The van der Waals surface area contributed by atoms with Crippen molar-refractivity contribution in [1.82, 2.24) is 10.3 Å². The maximum atomic E-state index is 6.54. The smallest absolute Gasteiger partial charge is 0.0916 e. The molecule has 1 aliphatic heterocycles. The zero-order valence-electron chi connectivity index (χ0n) is 13.7. The molecular formula is C20H20ClN3. The summed E-state index contributed by atoms with van der Waals surface area (Å²) in [4.78, 5) is 7.30. The first-order valence-electron chi connectivity index (χ1n) is 8.34. The average Bonchev–Trinajstić information content (AvgIpc) is 2.62. The molecule has 0 bridgehead atoms. The molecule has 0 spiro atoms. The first-order valence-corrected chi connectivity index (χ1v) is 8.72. The molecule has 24 heavy (non-hydrogen) atoms. The van der Waals surface area contributed by atoms with Gasteiger partial charge in [-0.3, -0.25) is 0 Å². The summed E-state index contributed by atoms with van der Waals surface area (Å²) in [5.74, 6) is 0. The van der Waals surface area contributed by atoms with Gasteiger partial charge in [-0.25, -0.2) is 4.98 Å². The van der Waals surface area contributed by atoms with Crippen LogP contribution in [-0.4, -0.2) is 31.2 Å². The number of fused-ring (bicyclic) bond motifs is 1. The molecule has 0 saturated carbocycles. The highest BCUT2D eigenvalue weighted by atomic mass is 35.5. The molecular weight excluding hydrogens is 318 g/mol. The van der Waals surface area contributed by atoms with Gasteiger partial charge in [0.1, 0.15) is 0 Å². The predicted octanol–water partition coefficient (Wildman–Crippen LogP) is 4.27. The summed E-state index contributed by atoms with van der Waals surface area (Å²) in [5, 5.41) is 5.28. The van der Waals surface area contributed by atoms with Gasteiger partial charge in [0.05, 0.1) is 16.2 Å². The average molecular weight is 338 g/mol. The van der Waals surface area contributed by atoms with Crippen LogP contribution < -0.4 is 10.2 Å². The molecule has 0 aliphatic carbocycles. The second-order valence-electron chi connectivity index (χ2n) is 6.27. The van der Waals surface area contributed by atoms with Gasteiger partial charge in [0.15, 0.2) is 0 Å². The van der Waals surface area contributed by atoms with Crippen LogP contribution in [0.4, 0.5) is 5.69 Å². The molecule has 1 aliphatic rings. The van der Waals surface area contributed by atoms with Crippen LogP contribution in [0, 0.1) is 6.92 Å². The number of pyridine rings is 1. The van der Waals surface area contributed by atoms with Gasteiger partial charge in [-0.1, -0.05) is 41.9 Å². The fourth-order valence-corrected chi connectivity index (χ4v) is 3.64. The van der Waals surface area contributed by atoms with Gasteiger partial charge in [0.2, 0.25) is 0 Å². The number of piperazine rings is 1. The number of hydrogen-bond donors (Lipinski definition) is 1. The third-order valence-corrected chi connectivity index (χ3v) is 4.80. The molecule has 1 aromatic heterocycles. The van der Waals surface area contributed by atoms with E-state index in [1.165, 1.54) is 5.69 Å². The number of halogens is 1. The van der Waals surface area contributed by atoms with E-state index in [1.54, 1.807) is 0 Å². The van der Waals surface area contributed by atoms with Gasteiger partial charge < -0.3 is 10.2 Å². The molecule has 0 unspecified atom stereocenters. The summed E-state index contributed by atoms with van der Waals surface area (Å²) in [6.45, 7) is 6.09. The van der Waals surface area contributed by atoms with E-state index in [-0.39, 0.29) is 0 Å². The van der Waals surface area contributed by atoms with E-state index in [2.05, 4.69) is 41.4 Å². The van der Waals surface area contributed by atoms with Crippen molar-refractivity contribution in [3.63, 3.8) is 0 Å². The van der Waals surface area contributed by atoms with Crippen molar-refractivity contribution in [1.29, 1.82) is 0 Å². The van der Waals surface area contributed by atoms with E-state index in [0.717, 1.165) is 58.9 Å². The van der Waals surface area contributed by atoms with Crippen molar-refractivity contribution in [2.45, 2.75) is 6.92 Å². The lowest BCUT2D eigenvalue weighted by molar-refractivity contribution is 0.590. The quantitative estimate of drug-likeness (QED) is 0.756. The normalized spacial score (nSPS) is 15.0. The van der Waals surface area contributed by atoms with Crippen molar-refractivity contribution < 1.29 is 0 Å². The largest absolute Gasteiger partial charge is 0.368 e. The lowest BCUT2D eigenvalue weighted by Gasteiger charge is -2.31. The van der Waals surface area contributed by atoms with Crippen LogP contribution in [0.15, 0.2) is 48.5 Å². The Morgan fingerprint density at radius 1 is 1.04 bits per heavy atom. The summed E-state index contributed by atoms with van der Waals surface area (Å²) in [5.41, 5.74) is 5.37. The standard InChI is InChI=1S/C20H20ClN3/c1-14-11-16-19(24-9-7-22-8-10-24)13-18(15-5-3-2-4-6-15)23-20(16)17(21)12-14/h2-6,11-13,22H,7-10H2,1H3. The van der Waals surface area contributed by atoms with Crippen LogP contribution >= 0.6 is 11.6 Å². The van der Waals surface area contributed by atoms with Gasteiger partial charge in [-0.05, 0) is 30.7 Å². The molecule has 1 fully saturated rings. The molecule has 4 rings (SSSR count). The molecule has 1 saturated heterocycles. The Balaban J connectivity index is 1.96. The number of hydrogen-bond acceptors (Lipinski definition) is 3. The lowest BCUT2D eigenvalue weighted by Crippen LogP contribution is -2.43. The highest BCUT2D eigenvalue weighted by molar-refractivity contribution is 6.35. The predicted molar refractivity (Wildman–Crippen MR) is 102 cm³/mol. The van der Waals surface area contributed by atoms with Gasteiger partial charge in [-0.2, -0.15) is 0 Å². The highest BCUT2D eigenvalue weighted by Gasteiger charge is 2.17. The molecule has 3 aromatic rings. The molecule has 2 aromatic carbocycles. The van der Waals surface area contributed by atoms with Crippen LogP contribution in [0.1, 0.15) is 5.56 Å². The number of anilines is 1. The van der Waals surface area contributed by atoms with E-state index < -0.39 is 0 Å². The Labute approximate surface area is 147 Å². The summed E-state index contributed by atoms with van der Waals surface area (Å²) < 4.78 is 0. The summed E-state index contributed by atoms with van der Waals surface area (Å²) in [6.07, 6.45) is 0. The molecule has 2 heterocycles. The maximum absolute atomic E-state index is 6.54. The fraction of sp³-hybridized carbons (Fsp3) is 0.250. The van der Waals surface area contributed by atoms with Crippen LogP contribution in [0.2, 0.25) is 5.02 Å². The number of rotatable bonds is 2. The second-order valence-corrected chi connectivity index (χ2v) is 6.68. The zero-order chi connectivity index (χ0) is 16.5. The Hall–Kier alpha value is -2.10. The van der Waals surface area contributed by atoms with Crippen molar-refractivity contribution in [3.8, 4) is 11.3 Å². The Kier molecular flexibility index (Phi) is 4.13. The van der Waals surface area contributed by atoms with Crippen molar-refractivity contribution in [2.24, 2.45) is 0 Å². The van der Waals surface area contributed by atoms with Crippen LogP contribution in [-0.2, 0) is 0 Å². The maximum Gasteiger partial charge on any atom is 0.0916 e. The number of benzene rings is 2. The van der Waals surface area contributed by atoms with E-state index >= 15 is 0 Å². The first kappa shape index (κ1) is 15.4. The molecule has 0 radical (unpaired) electrons. The molecule has 4 heteroatoms. The minimum atomic E-state index is 0.721. The van der Waals surface area contributed by atoms with Gasteiger partial charge in [0.25, 0.3) is 0 Å². The van der Waals surface area contributed by atoms with Crippen LogP contribution in [0.3, 0.4) is 0 Å². The lowest BCUT2D eigenvalue weighted by atomic mass is 10.0. The van der Waals surface area contributed by atoms with E-state index in [9.17, 15) is 0 Å². The molecule has 0 amide bonds.